The first-order chi connectivity index (χ1) is 8.98. The van der Waals surface area contributed by atoms with Crippen LogP contribution in [0.2, 0.25) is 0 Å². The predicted octanol–water partition coefficient (Wildman–Crippen LogP) is 2.91. The van der Waals surface area contributed by atoms with Gasteiger partial charge in [-0.05, 0) is 30.3 Å². The maximum Gasteiger partial charge on any atom is 0.573 e. The van der Waals surface area contributed by atoms with E-state index in [0.29, 0.717) is 11.3 Å². The van der Waals surface area contributed by atoms with Gasteiger partial charge >= 0.3 is 6.36 Å². The van der Waals surface area contributed by atoms with Crippen LogP contribution in [0.3, 0.4) is 0 Å². The van der Waals surface area contributed by atoms with E-state index >= 15 is 0 Å². The Hall–Kier alpha value is -2.62. The van der Waals surface area contributed by atoms with Crippen molar-refractivity contribution in [1.29, 1.82) is 5.26 Å². The Morgan fingerprint density at radius 2 is 1.79 bits per heavy atom. The molecule has 0 bridgehead atoms. The summed E-state index contributed by atoms with van der Waals surface area (Å²) in [5, 5.41) is 8.66. The van der Waals surface area contributed by atoms with E-state index in [9.17, 15) is 13.2 Å². The molecule has 2 aromatic rings. The third-order valence-corrected chi connectivity index (χ3v) is 2.14. The zero-order valence-electron chi connectivity index (χ0n) is 9.35. The largest absolute Gasteiger partial charge is 0.573 e. The first kappa shape index (κ1) is 12.8. The number of hydrogen-bond acceptors (Lipinski definition) is 4. The van der Waals surface area contributed by atoms with Crippen LogP contribution in [0.5, 0.6) is 5.75 Å². The monoisotopic (exact) mass is 265 g/mol. The lowest BCUT2D eigenvalue weighted by Gasteiger charge is -2.09. The van der Waals surface area contributed by atoms with Crippen LogP contribution in [0.1, 0.15) is 5.82 Å². The van der Waals surface area contributed by atoms with Gasteiger partial charge < -0.3 is 4.74 Å². The fourth-order valence-corrected chi connectivity index (χ4v) is 1.40. The highest BCUT2D eigenvalue weighted by Crippen LogP contribution is 2.25. The van der Waals surface area contributed by atoms with Crippen molar-refractivity contribution in [2.45, 2.75) is 6.36 Å². The van der Waals surface area contributed by atoms with Gasteiger partial charge in [0.05, 0.1) is 5.69 Å². The number of alkyl halides is 3. The second-order valence-electron chi connectivity index (χ2n) is 3.45. The Kier molecular flexibility index (Phi) is 3.33. The first-order valence-corrected chi connectivity index (χ1v) is 5.07. The number of halogens is 3. The van der Waals surface area contributed by atoms with E-state index in [1.54, 1.807) is 12.1 Å². The highest BCUT2D eigenvalue weighted by Gasteiger charge is 2.30. The van der Waals surface area contributed by atoms with Crippen molar-refractivity contribution < 1.29 is 17.9 Å². The molecule has 96 valence electrons. The molecule has 7 heteroatoms. The summed E-state index contributed by atoms with van der Waals surface area (Å²) in [4.78, 5) is 7.63. The fraction of sp³-hybridized carbons (Fsp3) is 0.0833. The van der Waals surface area contributed by atoms with Gasteiger partial charge in [0.2, 0.25) is 5.82 Å². The zero-order valence-corrected chi connectivity index (χ0v) is 9.35. The van der Waals surface area contributed by atoms with E-state index in [2.05, 4.69) is 14.7 Å². The Morgan fingerprint density at radius 3 is 2.37 bits per heavy atom. The van der Waals surface area contributed by atoms with E-state index in [-0.39, 0.29) is 11.6 Å². The van der Waals surface area contributed by atoms with Crippen LogP contribution in [-0.2, 0) is 0 Å². The number of hydrogen-bond donors (Lipinski definition) is 0. The molecule has 0 radical (unpaired) electrons. The summed E-state index contributed by atoms with van der Waals surface area (Å²) in [6.45, 7) is 0. The molecule has 1 aromatic carbocycles. The molecular weight excluding hydrogens is 259 g/mol. The molecule has 0 saturated heterocycles. The van der Waals surface area contributed by atoms with Crippen molar-refractivity contribution >= 4 is 0 Å². The molecule has 0 amide bonds. The molecule has 0 aliphatic heterocycles. The van der Waals surface area contributed by atoms with Gasteiger partial charge in [-0.25, -0.2) is 9.97 Å². The molecule has 1 heterocycles. The molecule has 0 saturated carbocycles. The summed E-state index contributed by atoms with van der Waals surface area (Å²) in [6.07, 6.45) is -3.31. The van der Waals surface area contributed by atoms with Gasteiger partial charge in [-0.1, -0.05) is 0 Å². The van der Waals surface area contributed by atoms with Crippen molar-refractivity contribution in [1.82, 2.24) is 9.97 Å². The van der Waals surface area contributed by atoms with Crippen molar-refractivity contribution in [2.24, 2.45) is 0 Å². The van der Waals surface area contributed by atoms with Crippen LogP contribution in [-0.4, -0.2) is 16.3 Å². The van der Waals surface area contributed by atoms with Crippen LogP contribution in [0.15, 0.2) is 36.5 Å². The Morgan fingerprint density at radius 1 is 1.11 bits per heavy atom. The van der Waals surface area contributed by atoms with Gasteiger partial charge in [-0.3, -0.25) is 0 Å². The standard InChI is InChI=1S/C12H6F3N3O/c13-12(14,15)19-9-3-1-8(2-4-9)10-5-6-17-11(7-16)18-10/h1-6H. The molecule has 19 heavy (non-hydrogen) atoms. The SMILES string of the molecule is N#Cc1nccc(-c2ccc(OC(F)(F)F)cc2)n1. The second kappa shape index (κ2) is 4.94. The van der Waals surface area contributed by atoms with E-state index in [0.717, 1.165) is 0 Å². The highest BCUT2D eigenvalue weighted by molar-refractivity contribution is 5.59. The number of ether oxygens (including phenoxy) is 1. The Labute approximate surface area is 106 Å². The van der Waals surface area contributed by atoms with Gasteiger partial charge in [0.15, 0.2) is 0 Å². The Bertz CT molecular complexity index is 617. The van der Waals surface area contributed by atoms with Gasteiger partial charge in [0.1, 0.15) is 11.8 Å². The fourth-order valence-electron chi connectivity index (χ4n) is 1.40. The lowest BCUT2D eigenvalue weighted by atomic mass is 10.1. The van der Waals surface area contributed by atoms with E-state index < -0.39 is 6.36 Å². The maximum atomic E-state index is 12.0. The summed E-state index contributed by atoms with van der Waals surface area (Å²) >= 11 is 0. The molecule has 0 spiro atoms. The van der Waals surface area contributed by atoms with Gasteiger partial charge in [0, 0.05) is 11.8 Å². The number of nitrogens with zero attached hydrogens (tertiary/aromatic N) is 3. The summed E-state index contributed by atoms with van der Waals surface area (Å²) in [5.74, 6) is -0.320. The smallest absolute Gasteiger partial charge is 0.406 e. The Balaban J connectivity index is 2.25. The predicted molar refractivity (Wildman–Crippen MR) is 58.9 cm³/mol. The molecule has 0 unspecified atom stereocenters. The summed E-state index contributed by atoms with van der Waals surface area (Å²) in [5.41, 5.74) is 1.01. The molecule has 2 rings (SSSR count). The first-order valence-electron chi connectivity index (χ1n) is 5.07. The highest BCUT2D eigenvalue weighted by atomic mass is 19.4. The molecular formula is C12H6F3N3O. The molecule has 0 aliphatic rings. The molecule has 0 atom stereocenters. The van der Waals surface area contributed by atoms with E-state index in [1.165, 1.54) is 30.5 Å². The number of aromatic nitrogens is 2. The van der Waals surface area contributed by atoms with Crippen LogP contribution in [0.4, 0.5) is 13.2 Å². The van der Waals surface area contributed by atoms with Crippen LogP contribution < -0.4 is 4.74 Å². The summed E-state index contributed by atoms with van der Waals surface area (Å²) in [7, 11) is 0. The average molecular weight is 265 g/mol. The number of nitriles is 1. The van der Waals surface area contributed by atoms with Crippen LogP contribution in [0.25, 0.3) is 11.3 Å². The molecule has 0 N–H and O–H groups in total. The third kappa shape index (κ3) is 3.42. The number of benzene rings is 1. The molecule has 4 nitrogen and oxygen atoms in total. The van der Waals surface area contributed by atoms with E-state index in [1.807, 2.05) is 0 Å². The maximum absolute atomic E-state index is 12.0. The van der Waals surface area contributed by atoms with Gasteiger partial charge in [0.25, 0.3) is 0 Å². The summed E-state index contributed by atoms with van der Waals surface area (Å²) < 4.78 is 39.7. The molecule has 1 aromatic heterocycles. The minimum atomic E-state index is -4.72. The van der Waals surface area contributed by atoms with Crippen molar-refractivity contribution in [3.63, 3.8) is 0 Å². The summed E-state index contributed by atoms with van der Waals surface area (Å²) in [6, 6.07) is 8.54. The van der Waals surface area contributed by atoms with Crippen molar-refractivity contribution in [3.8, 4) is 23.1 Å². The minimum Gasteiger partial charge on any atom is -0.406 e. The molecule has 0 fully saturated rings. The zero-order chi connectivity index (χ0) is 13.9. The van der Waals surface area contributed by atoms with Crippen molar-refractivity contribution in [3.05, 3.63) is 42.4 Å². The van der Waals surface area contributed by atoms with Crippen LogP contribution in [0, 0.1) is 11.3 Å². The quantitative estimate of drug-likeness (QED) is 0.837. The minimum absolute atomic E-state index is 0.00637. The van der Waals surface area contributed by atoms with Crippen LogP contribution >= 0.6 is 0 Å². The van der Waals surface area contributed by atoms with Gasteiger partial charge in [-0.2, -0.15) is 5.26 Å². The number of rotatable bonds is 2. The lowest BCUT2D eigenvalue weighted by Crippen LogP contribution is -2.16. The van der Waals surface area contributed by atoms with E-state index in [4.69, 9.17) is 5.26 Å². The second-order valence-corrected chi connectivity index (χ2v) is 3.45. The lowest BCUT2D eigenvalue weighted by molar-refractivity contribution is -0.274. The van der Waals surface area contributed by atoms with Crippen molar-refractivity contribution in [2.75, 3.05) is 0 Å². The third-order valence-electron chi connectivity index (χ3n) is 2.14. The van der Waals surface area contributed by atoms with Gasteiger partial charge in [-0.15, -0.1) is 13.2 Å². The normalized spacial score (nSPS) is 10.8. The average Bonchev–Trinajstić information content (AvgIpc) is 2.38. The topological polar surface area (TPSA) is 58.8 Å². The molecule has 0 aliphatic carbocycles.